The maximum atomic E-state index is 13.6. The summed E-state index contributed by atoms with van der Waals surface area (Å²) in [5.74, 6) is 0.936. The van der Waals surface area contributed by atoms with E-state index in [2.05, 4.69) is 23.2 Å². The van der Waals surface area contributed by atoms with Crippen LogP contribution in [0.1, 0.15) is 10.4 Å². The molecule has 196 valence electrons. The van der Waals surface area contributed by atoms with Crippen LogP contribution < -0.4 is 4.90 Å². The third-order valence-electron chi connectivity index (χ3n) is 7.65. The molecular weight excluding hydrogens is 518 g/mol. The van der Waals surface area contributed by atoms with Gasteiger partial charge in [0, 0.05) is 43.5 Å². The zero-order valence-electron chi connectivity index (χ0n) is 21.7. The normalized spacial score (nSPS) is 13.7. The number of halogens is 1. The summed E-state index contributed by atoms with van der Waals surface area (Å²) in [5.41, 5.74) is 4.54. The summed E-state index contributed by atoms with van der Waals surface area (Å²) in [7, 11) is 0. The van der Waals surface area contributed by atoms with E-state index in [4.69, 9.17) is 21.6 Å². The Morgan fingerprint density at radius 3 is 2.30 bits per heavy atom. The van der Waals surface area contributed by atoms with Gasteiger partial charge < -0.3 is 9.80 Å². The third kappa shape index (κ3) is 4.17. The molecule has 7 rings (SSSR count). The van der Waals surface area contributed by atoms with Gasteiger partial charge in [-0.15, -0.1) is 0 Å². The standard InChI is InChI=1S/C33H26ClN5O/c34-28-15-6-7-16-29(28)39-21-27(24-9-2-1-3-10-24)30-31(35-22-36-32(30)39)37-17-19-38(20-18-37)33(40)26-14-8-12-23-11-4-5-13-25(23)26/h1-16,21-22H,17-20H2. The molecule has 7 heteroatoms. The van der Waals surface area contributed by atoms with Gasteiger partial charge in [-0.2, -0.15) is 0 Å². The first-order valence-corrected chi connectivity index (χ1v) is 13.8. The lowest BCUT2D eigenvalue weighted by molar-refractivity contribution is 0.0748. The van der Waals surface area contributed by atoms with Crippen LogP contribution in [0.3, 0.4) is 0 Å². The van der Waals surface area contributed by atoms with Crippen LogP contribution in [-0.2, 0) is 0 Å². The number of piperazine rings is 1. The van der Waals surface area contributed by atoms with Crippen molar-refractivity contribution < 1.29 is 4.79 Å². The number of benzene rings is 4. The lowest BCUT2D eigenvalue weighted by Gasteiger charge is -2.36. The Kier molecular flexibility index (Phi) is 6.17. The number of hydrogen-bond donors (Lipinski definition) is 0. The van der Waals surface area contributed by atoms with E-state index >= 15 is 0 Å². The summed E-state index contributed by atoms with van der Waals surface area (Å²) in [6, 6.07) is 32.0. The van der Waals surface area contributed by atoms with Crippen molar-refractivity contribution in [3.63, 3.8) is 0 Å². The predicted molar refractivity (Wildman–Crippen MR) is 161 cm³/mol. The number of amides is 1. The minimum Gasteiger partial charge on any atom is -0.352 e. The summed E-state index contributed by atoms with van der Waals surface area (Å²) in [6.45, 7) is 2.57. The highest BCUT2D eigenvalue weighted by atomic mass is 35.5. The molecular formula is C33H26ClN5O. The lowest BCUT2D eigenvalue weighted by Crippen LogP contribution is -2.49. The quantitative estimate of drug-likeness (QED) is 0.244. The second kappa shape index (κ2) is 10.1. The van der Waals surface area contributed by atoms with Gasteiger partial charge in [-0.25, -0.2) is 9.97 Å². The Morgan fingerprint density at radius 1 is 0.750 bits per heavy atom. The number of hydrogen-bond acceptors (Lipinski definition) is 4. The van der Waals surface area contributed by atoms with Crippen LogP contribution in [0.25, 0.3) is 38.6 Å². The number of nitrogens with zero attached hydrogens (tertiary/aromatic N) is 5. The van der Waals surface area contributed by atoms with Crippen molar-refractivity contribution in [3.8, 4) is 16.8 Å². The van der Waals surface area contributed by atoms with Crippen LogP contribution in [0.15, 0.2) is 110 Å². The van der Waals surface area contributed by atoms with Crippen molar-refractivity contribution >= 4 is 45.1 Å². The first-order valence-electron chi connectivity index (χ1n) is 13.4. The molecule has 1 aliphatic rings. The van der Waals surface area contributed by atoms with Crippen LogP contribution in [0.5, 0.6) is 0 Å². The molecule has 1 amide bonds. The molecule has 2 aromatic heterocycles. The van der Waals surface area contributed by atoms with E-state index in [0.717, 1.165) is 50.0 Å². The van der Waals surface area contributed by atoms with Crippen molar-refractivity contribution in [3.05, 3.63) is 120 Å². The van der Waals surface area contributed by atoms with Gasteiger partial charge in [0.25, 0.3) is 5.91 Å². The number of carbonyl (C=O) groups excluding carboxylic acids is 1. The number of rotatable bonds is 4. The van der Waals surface area contributed by atoms with Gasteiger partial charge in [0.2, 0.25) is 0 Å². The Bertz CT molecular complexity index is 1850. The van der Waals surface area contributed by atoms with Crippen LogP contribution in [0.4, 0.5) is 5.82 Å². The van der Waals surface area contributed by atoms with Gasteiger partial charge >= 0.3 is 0 Å². The summed E-state index contributed by atoms with van der Waals surface area (Å²) >= 11 is 6.62. The molecule has 1 fully saturated rings. The van der Waals surface area contributed by atoms with Crippen molar-refractivity contribution in [2.75, 3.05) is 31.1 Å². The molecule has 1 saturated heterocycles. The average Bonchev–Trinajstić information content (AvgIpc) is 3.41. The smallest absolute Gasteiger partial charge is 0.254 e. The molecule has 0 radical (unpaired) electrons. The fraction of sp³-hybridized carbons (Fsp3) is 0.121. The second-order valence-electron chi connectivity index (χ2n) is 9.93. The Morgan fingerprint density at radius 2 is 1.48 bits per heavy atom. The number of fused-ring (bicyclic) bond motifs is 2. The minimum atomic E-state index is 0.0686. The summed E-state index contributed by atoms with van der Waals surface area (Å²) in [6.07, 6.45) is 3.72. The van der Waals surface area contributed by atoms with E-state index in [1.54, 1.807) is 6.33 Å². The van der Waals surface area contributed by atoms with Crippen molar-refractivity contribution in [2.45, 2.75) is 0 Å². The van der Waals surface area contributed by atoms with Crippen molar-refractivity contribution in [1.29, 1.82) is 0 Å². The number of para-hydroxylation sites is 1. The van der Waals surface area contributed by atoms with E-state index < -0.39 is 0 Å². The van der Waals surface area contributed by atoms with Crippen LogP contribution in [0, 0.1) is 0 Å². The Hall–Kier alpha value is -4.68. The maximum absolute atomic E-state index is 13.6. The average molecular weight is 544 g/mol. The molecule has 3 heterocycles. The van der Waals surface area contributed by atoms with E-state index in [0.29, 0.717) is 31.2 Å². The van der Waals surface area contributed by atoms with Gasteiger partial charge in [0.05, 0.1) is 16.1 Å². The zero-order valence-corrected chi connectivity index (χ0v) is 22.5. The van der Waals surface area contributed by atoms with E-state index in [1.807, 2.05) is 94.4 Å². The van der Waals surface area contributed by atoms with Crippen molar-refractivity contribution in [1.82, 2.24) is 19.4 Å². The molecule has 6 aromatic rings. The highest BCUT2D eigenvalue weighted by Crippen LogP contribution is 2.38. The lowest BCUT2D eigenvalue weighted by atomic mass is 10.0. The molecule has 4 aromatic carbocycles. The summed E-state index contributed by atoms with van der Waals surface area (Å²) < 4.78 is 2.05. The molecule has 0 N–H and O–H groups in total. The zero-order chi connectivity index (χ0) is 27.1. The Labute approximate surface area is 237 Å². The number of carbonyl (C=O) groups is 1. The number of anilines is 1. The number of aromatic nitrogens is 3. The first-order chi connectivity index (χ1) is 19.7. The monoisotopic (exact) mass is 543 g/mol. The SMILES string of the molecule is O=C(c1cccc2ccccc12)N1CCN(c2ncnc3c2c(-c2ccccc2)cn3-c2ccccc2Cl)CC1. The van der Waals surface area contributed by atoms with Crippen LogP contribution in [0.2, 0.25) is 5.02 Å². The largest absolute Gasteiger partial charge is 0.352 e. The fourth-order valence-corrected chi connectivity index (χ4v) is 5.88. The van der Waals surface area contributed by atoms with Gasteiger partial charge in [-0.05, 0) is 34.5 Å². The van der Waals surface area contributed by atoms with Gasteiger partial charge in [-0.3, -0.25) is 9.36 Å². The molecule has 40 heavy (non-hydrogen) atoms. The minimum absolute atomic E-state index is 0.0686. The highest BCUT2D eigenvalue weighted by molar-refractivity contribution is 6.32. The van der Waals surface area contributed by atoms with Gasteiger partial charge in [0.1, 0.15) is 12.1 Å². The molecule has 0 spiro atoms. The predicted octanol–water partition coefficient (Wildman–Crippen LogP) is 6.86. The van der Waals surface area contributed by atoms with Gasteiger partial charge in [0.15, 0.2) is 5.65 Å². The van der Waals surface area contributed by atoms with Gasteiger partial charge in [-0.1, -0.05) is 90.5 Å². The fourth-order valence-electron chi connectivity index (χ4n) is 5.66. The van der Waals surface area contributed by atoms with E-state index in [9.17, 15) is 4.79 Å². The summed E-state index contributed by atoms with van der Waals surface area (Å²) in [4.78, 5) is 27.3. The van der Waals surface area contributed by atoms with Crippen LogP contribution in [-0.4, -0.2) is 51.5 Å². The highest BCUT2D eigenvalue weighted by Gasteiger charge is 2.27. The molecule has 0 aliphatic carbocycles. The molecule has 1 aliphatic heterocycles. The molecule has 0 bridgehead atoms. The maximum Gasteiger partial charge on any atom is 0.254 e. The Balaban J connectivity index is 1.25. The molecule has 6 nitrogen and oxygen atoms in total. The molecule has 0 saturated carbocycles. The van der Waals surface area contributed by atoms with E-state index in [-0.39, 0.29) is 5.91 Å². The topological polar surface area (TPSA) is 54.3 Å². The molecule has 0 atom stereocenters. The molecule has 0 unspecified atom stereocenters. The van der Waals surface area contributed by atoms with Crippen LogP contribution >= 0.6 is 11.6 Å². The van der Waals surface area contributed by atoms with E-state index in [1.165, 1.54) is 0 Å². The van der Waals surface area contributed by atoms with Crippen molar-refractivity contribution in [2.24, 2.45) is 0 Å². The third-order valence-corrected chi connectivity index (χ3v) is 7.97. The second-order valence-corrected chi connectivity index (χ2v) is 10.3. The first kappa shape index (κ1) is 24.4. The summed E-state index contributed by atoms with van der Waals surface area (Å²) in [5, 5.41) is 3.69.